The van der Waals surface area contributed by atoms with Gasteiger partial charge in [-0.05, 0) is 65.8 Å². The van der Waals surface area contributed by atoms with Gasteiger partial charge in [-0.1, -0.05) is 72.8 Å². The fourth-order valence-electron chi connectivity index (χ4n) is 4.90. The lowest BCUT2D eigenvalue weighted by Crippen LogP contribution is -2.41. The van der Waals surface area contributed by atoms with E-state index in [9.17, 15) is 0 Å². The molecule has 3 nitrogen and oxygen atoms in total. The average Bonchev–Trinajstić information content (AvgIpc) is 3.01. The molecule has 3 aromatic rings. The lowest BCUT2D eigenvalue weighted by molar-refractivity contribution is -0.0331. The number of methoxy groups -OCH3 is 1. The summed E-state index contributed by atoms with van der Waals surface area (Å²) in [6, 6.07) is 25.7. The molecule has 1 saturated heterocycles. The highest BCUT2D eigenvalue weighted by atomic mass is 16.5. The molecular weight excluding hydrogens is 394 g/mol. The van der Waals surface area contributed by atoms with E-state index >= 15 is 0 Å². The van der Waals surface area contributed by atoms with E-state index in [1.54, 1.807) is 7.11 Å². The highest BCUT2D eigenvalue weighted by Crippen LogP contribution is 2.37. The number of ether oxygens (including phenoxy) is 2. The molecule has 3 aromatic carbocycles. The maximum atomic E-state index is 6.88. The molecule has 164 valence electrons. The highest BCUT2D eigenvalue weighted by molar-refractivity contribution is 5.76. The maximum absolute atomic E-state index is 6.88. The van der Waals surface area contributed by atoms with Gasteiger partial charge in [0, 0.05) is 13.1 Å². The molecule has 0 unspecified atom stereocenters. The van der Waals surface area contributed by atoms with Gasteiger partial charge in [-0.25, -0.2) is 0 Å². The van der Waals surface area contributed by atoms with Gasteiger partial charge in [-0.2, -0.15) is 0 Å². The predicted octanol–water partition coefficient (Wildman–Crippen LogP) is 5.99. The van der Waals surface area contributed by atoms with E-state index in [1.165, 1.54) is 34.2 Å². The van der Waals surface area contributed by atoms with Gasteiger partial charge in [0.15, 0.2) is 0 Å². The van der Waals surface area contributed by atoms with Crippen LogP contribution in [0.5, 0.6) is 5.75 Å². The minimum Gasteiger partial charge on any atom is -0.497 e. The number of rotatable bonds is 6. The predicted molar refractivity (Wildman–Crippen MR) is 131 cm³/mol. The fraction of sp³-hybridized carbons (Fsp3) is 0.310. The quantitative estimate of drug-likeness (QED) is 0.484. The molecule has 1 heterocycles. The van der Waals surface area contributed by atoms with E-state index in [0.29, 0.717) is 0 Å². The number of hydrogen-bond acceptors (Lipinski definition) is 3. The van der Waals surface area contributed by atoms with E-state index in [0.717, 1.165) is 38.2 Å². The Morgan fingerprint density at radius 3 is 2.16 bits per heavy atom. The summed E-state index contributed by atoms with van der Waals surface area (Å²) in [5.74, 6) is 0.915. The zero-order valence-electron chi connectivity index (χ0n) is 18.7. The Bertz CT molecular complexity index is 1020. The van der Waals surface area contributed by atoms with Crippen LogP contribution in [0.15, 0.2) is 72.8 Å². The first-order valence-electron chi connectivity index (χ1n) is 11.7. The van der Waals surface area contributed by atoms with Crippen molar-refractivity contribution < 1.29 is 9.47 Å². The molecule has 1 aliphatic carbocycles. The van der Waals surface area contributed by atoms with Gasteiger partial charge in [0.05, 0.1) is 13.2 Å². The first-order valence-corrected chi connectivity index (χ1v) is 11.7. The van der Waals surface area contributed by atoms with E-state index in [4.69, 9.17) is 9.47 Å². The summed E-state index contributed by atoms with van der Waals surface area (Å²) < 4.78 is 12.2. The largest absolute Gasteiger partial charge is 0.497 e. The van der Waals surface area contributed by atoms with Crippen LogP contribution in [0, 0.1) is 0 Å². The van der Waals surface area contributed by atoms with Crippen LogP contribution in [0.4, 0.5) is 0 Å². The Hall–Kier alpha value is -2.88. The van der Waals surface area contributed by atoms with Gasteiger partial charge in [-0.3, -0.25) is 0 Å². The van der Waals surface area contributed by atoms with E-state index in [1.807, 2.05) is 12.1 Å². The third-order valence-electron chi connectivity index (χ3n) is 6.67. The first kappa shape index (κ1) is 21.0. The van der Waals surface area contributed by atoms with Crippen molar-refractivity contribution >= 4 is 12.2 Å². The van der Waals surface area contributed by atoms with Gasteiger partial charge in [-0.15, -0.1) is 0 Å². The number of fused-ring (bicyclic) bond motifs is 2. The van der Waals surface area contributed by atoms with Crippen molar-refractivity contribution in [2.45, 2.75) is 31.5 Å². The minimum atomic E-state index is -0.0241. The van der Waals surface area contributed by atoms with Gasteiger partial charge in [0.25, 0.3) is 0 Å². The van der Waals surface area contributed by atoms with Crippen molar-refractivity contribution in [3.8, 4) is 5.75 Å². The Kier molecular flexibility index (Phi) is 6.38. The zero-order valence-corrected chi connectivity index (χ0v) is 18.7. The number of nitrogens with zero attached hydrogens (tertiary/aromatic N) is 1. The van der Waals surface area contributed by atoms with Crippen LogP contribution < -0.4 is 4.74 Å². The van der Waals surface area contributed by atoms with E-state index < -0.39 is 0 Å². The second-order valence-electron chi connectivity index (χ2n) is 8.77. The molecule has 2 aliphatic rings. The molecule has 1 atom stereocenters. The van der Waals surface area contributed by atoms with Crippen molar-refractivity contribution in [2.24, 2.45) is 0 Å². The Morgan fingerprint density at radius 1 is 0.844 bits per heavy atom. The zero-order chi connectivity index (χ0) is 21.8. The van der Waals surface area contributed by atoms with E-state index in [-0.39, 0.29) is 12.2 Å². The highest BCUT2D eigenvalue weighted by Gasteiger charge is 2.28. The fourth-order valence-corrected chi connectivity index (χ4v) is 4.90. The summed E-state index contributed by atoms with van der Waals surface area (Å²) in [6.07, 6.45) is 8.01. The van der Waals surface area contributed by atoms with Gasteiger partial charge in [0.2, 0.25) is 0 Å². The summed E-state index contributed by atoms with van der Waals surface area (Å²) in [4.78, 5) is 2.56. The third kappa shape index (κ3) is 4.64. The van der Waals surface area contributed by atoms with Crippen molar-refractivity contribution in [2.75, 3.05) is 26.7 Å². The minimum absolute atomic E-state index is 0.0241. The summed E-state index contributed by atoms with van der Waals surface area (Å²) in [5, 5.41) is 0. The molecule has 0 saturated carbocycles. The van der Waals surface area contributed by atoms with Crippen LogP contribution in [0.1, 0.15) is 46.8 Å². The number of piperidine rings is 1. The van der Waals surface area contributed by atoms with Crippen LogP contribution in [-0.4, -0.2) is 37.7 Å². The van der Waals surface area contributed by atoms with Crippen molar-refractivity contribution in [1.29, 1.82) is 0 Å². The lowest BCUT2D eigenvalue weighted by atomic mass is 9.96. The maximum Gasteiger partial charge on any atom is 0.118 e. The standard InChI is InChI=1S/C29H31NO2/c1-31-25-16-12-22(13-17-25)18-20-30-19-6-9-26(21-30)32-29-27-10-4-2-7-23(27)14-15-24-8-3-5-11-28(24)29/h2-5,7-8,10-17,26,29H,6,9,18-21H2,1H3/t26-/m1/s1. The molecule has 0 spiro atoms. The van der Waals surface area contributed by atoms with Gasteiger partial charge >= 0.3 is 0 Å². The summed E-state index contributed by atoms with van der Waals surface area (Å²) in [7, 11) is 1.71. The third-order valence-corrected chi connectivity index (χ3v) is 6.67. The molecule has 3 heteroatoms. The topological polar surface area (TPSA) is 21.7 Å². The van der Waals surface area contributed by atoms with Crippen LogP contribution in [0.2, 0.25) is 0 Å². The van der Waals surface area contributed by atoms with Crippen molar-refractivity contribution in [3.63, 3.8) is 0 Å². The molecule has 0 amide bonds. The molecule has 5 rings (SSSR count). The van der Waals surface area contributed by atoms with Gasteiger partial charge in [0.1, 0.15) is 11.9 Å². The second-order valence-corrected chi connectivity index (χ2v) is 8.77. The monoisotopic (exact) mass is 425 g/mol. The van der Waals surface area contributed by atoms with Crippen LogP contribution in [0.3, 0.4) is 0 Å². The lowest BCUT2D eigenvalue weighted by Gasteiger charge is -2.35. The molecule has 0 aromatic heterocycles. The number of hydrogen-bond donors (Lipinski definition) is 0. The average molecular weight is 426 g/mol. The summed E-state index contributed by atoms with van der Waals surface area (Å²) in [6.45, 7) is 3.20. The van der Waals surface area contributed by atoms with Crippen molar-refractivity contribution in [1.82, 2.24) is 4.90 Å². The molecule has 0 bridgehead atoms. The van der Waals surface area contributed by atoms with E-state index in [2.05, 4.69) is 77.7 Å². The Labute approximate surface area is 191 Å². The molecule has 0 N–H and O–H groups in total. The van der Waals surface area contributed by atoms with Crippen LogP contribution >= 0.6 is 0 Å². The smallest absolute Gasteiger partial charge is 0.118 e. The second kappa shape index (κ2) is 9.72. The Balaban J connectivity index is 1.29. The Morgan fingerprint density at radius 2 is 1.50 bits per heavy atom. The first-order chi connectivity index (χ1) is 15.8. The molecule has 0 radical (unpaired) electrons. The summed E-state index contributed by atoms with van der Waals surface area (Å²) in [5.41, 5.74) is 6.39. The normalized spacial score (nSPS) is 18.6. The van der Waals surface area contributed by atoms with Crippen LogP contribution in [-0.2, 0) is 11.2 Å². The van der Waals surface area contributed by atoms with Crippen molar-refractivity contribution in [3.05, 3.63) is 101 Å². The number of benzene rings is 3. The summed E-state index contributed by atoms with van der Waals surface area (Å²) >= 11 is 0. The molecule has 1 aliphatic heterocycles. The molecular formula is C29H31NO2. The molecule has 32 heavy (non-hydrogen) atoms. The van der Waals surface area contributed by atoms with Gasteiger partial charge < -0.3 is 14.4 Å². The SMILES string of the molecule is COc1ccc(CCN2CCC[C@@H](OC3c4ccccc4C=Cc4ccccc43)C2)cc1. The van der Waals surface area contributed by atoms with Crippen LogP contribution in [0.25, 0.3) is 12.2 Å². The number of likely N-dealkylation sites (tertiary alicyclic amines) is 1. The molecule has 1 fully saturated rings.